The molecule has 1 aliphatic rings. The van der Waals surface area contributed by atoms with E-state index in [1.54, 1.807) is 43.3 Å². The molecule has 3 aromatic rings. The van der Waals surface area contributed by atoms with Crippen molar-refractivity contribution in [2.75, 3.05) is 11.5 Å². The molecular weight excluding hydrogens is 590 g/mol. The lowest BCUT2D eigenvalue weighted by atomic mass is 10.0. The van der Waals surface area contributed by atoms with E-state index in [2.05, 4.69) is 27.9 Å². The Morgan fingerprint density at radius 3 is 2.51 bits per heavy atom. The number of carbonyl (C=O) groups excluding carboxylic acids is 3. The first kappa shape index (κ1) is 26.3. The fourth-order valence-electron chi connectivity index (χ4n) is 3.84. The maximum atomic E-state index is 14.0. The van der Waals surface area contributed by atoms with E-state index in [-0.39, 0.29) is 18.0 Å². The number of barbiturate groups is 1. The van der Waals surface area contributed by atoms with Gasteiger partial charge >= 0.3 is 6.03 Å². The molecule has 4 rings (SSSR count). The summed E-state index contributed by atoms with van der Waals surface area (Å²) in [7, 11) is 0. The molecule has 9 heteroatoms. The third-order valence-corrected chi connectivity index (χ3v) is 6.48. The van der Waals surface area contributed by atoms with Gasteiger partial charge in [-0.3, -0.25) is 14.9 Å². The third-order valence-electron chi connectivity index (χ3n) is 5.68. The van der Waals surface area contributed by atoms with Crippen LogP contribution in [0, 0.1) is 23.2 Å². The number of anilines is 1. The maximum absolute atomic E-state index is 14.0. The molecule has 0 bridgehead atoms. The second-order valence-electron chi connectivity index (χ2n) is 8.39. The predicted molar refractivity (Wildman–Crippen MR) is 146 cm³/mol. The topological polar surface area (TPSA) is 84.9 Å². The Morgan fingerprint density at radius 2 is 1.78 bits per heavy atom. The molecule has 37 heavy (non-hydrogen) atoms. The first-order valence-corrected chi connectivity index (χ1v) is 12.6. The van der Waals surface area contributed by atoms with Crippen LogP contribution < -0.4 is 19.7 Å². The second kappa shape index (κ2) is 11.1. The van der Waals surface area contributed by atoms with Gasteiger partial charge in [0, 0.05) is 5.56 Å². The van der Waals surface area contributed by atoms with Gasteiger partial charge in [-0.25, -0.2) is 14.1 Å². The fourth-order valence-corrected chi connectivity index (χ4v) is 4.62. The van der Waals surface area contributed by atoms with Crippen LogP contribution in [0.15, 0.2) is 60.2 Å². The number of halogens is 2. The number of hydrogen-bond acceptors (Lipinski definition) is 5. The summed E-state index contributed by atoms with van der Waals surface area (Å²) < 4.78 is 26.3. The molecule has 0 aromatic heterocycles. The van der Waals surface area contributed by atoms with Gasteiger partial charge in [-0.05, 0) is 90.4 Å². The highest BCUT2D eigenvalue weighted by molar-refractivity contribution is 14.1. The van der Waals surface area contributed by atoms with Crippen LogP contribution in [-0.2, 0) is 16.2 Å². The molecule has 4 amide bonds. The number of rotatable bonds is 7. The molecular formula is C28H24FIN2O5. The number of amides is 4. The summed E-state index contributed by atoms with van der Waals surface area (Å²) in [5.41, 5.74) is 2.69. The summed E-state index contributed by atoms with van der Waals surface area (Å²) in [5.74, 6) is -1.09. The third kappa shape index (κ3) is 5.66. The number of nitrogens with one attached hydrogen (secondary N) is 1. The first-order valence-electron chi connectivity index (χ1n) is 11.5. The fraction of sp³-hybridized carbons (Fsp3) is 0.179. The Hall–Kier alpha value is -3.73. The Morgan fingerprint density at radius 1 is 1.03 bits per heavy atom. The van der Waals surface area contributed by atoms with Gasteiger partial charge in [-0.15, -0.1) is 0 Å². The van der Waals surface area contributed by atoms with Gasteiger partial charge in [-0.2, -0.15) is 0 Å². The molecule has 1 N–H and O–H groups in total. The molecule has 0 spiro atoms. The number of urea groups is 1. The van der Waals surface area contributed by atoms with Crippen molar-refractivity contribution < 1.29 is 28.2 Å². The first-order chi connectivity index (χ1) is 17.7. The number of ether oxygens (including phenoxy) is 2. The Balaban J connectivity index is 1.69. The minimum Gasteiger partial charge on any atom is -0.490 e. The average Bonchev–Trinajstić information content (AvgIpc) is 2.84. The highest BCUT2D eigenvalue weighted by Gasteiger charge is 2.37. The Labute approximate surface area is 227 Å². The minimum absolute atomic E-state index is 0.00298. The molecule has 0 unspecified atom stereocenters. The van der Waals surface area contributed by atoms with Crippen molar-refractivity contribution in [2.45, 2.75) is 27.4 Å². The summed E-state index contributed by atoms with van der Waals surface area (Å²) in [6.45, 7) is 5.78. The molecule has 3 aromatic carbocycles. The molecule has 1 fully saturated rings. The molecule has 7 nitrogen and oxygen atoms in total. The van der Waals surface area contributed by atoms with E-state index in [1.807, 2.05) is 26.0 Å². The van der Waals surface area contributed by atoms with Crippen molar-refractivity contribution in [1.82, 2.24) is 5.32 Å². The molecule has 1 heterocycles. The van der Waals surface area contributed by atoms with Gasteiger partial charge < -0.3 is 9.47 Å². The van der Waals surface area contributed by atoms with Gasteiger partial charge in [0.05, 0.1) is 15.9 Å². The predicted octanol–water partition coefficient (Wildman–Crippen LogP) is 5.69. The van der Waals surface area contributed by atoms with Crippen LogP contribution >= 0.6 is 22.6 Å². The summed E-state index contributed by atoms with van der Waals surface area (Å²) in [4.78, 5) is 39.6. The van der Waals surface area contributed by atoms with E-state index in [0.29, 0.717) is 44.1 Å². The molecule has 0 radical (unpaired) electrons. The van der Waals surface area contributed by atoms with Crippen LogP contribution in [0.1, 0.15) is 29.2 Å². The number of nitrogens with zero attached hydrogens (tertiary/aromatic N) is 1. The van der Waals surface area contributed by atoms with Crippen LogP contribution in [0.3, 0.4) is 0 Å². The quantitative estimate of drug-likeness (QED) is 0.210. The van der Waals surface area contributed by atoms with E-state index in [0.717, 1.165) is 10.5 Å². The van der Waals surface area contributed by atoms with Crippen LogP contribution in [0.4, 0.5) is 14.9 Å². The van der Waals surface area contributed by atoms with E-state index in [9.17, 15) is 18.8 Å². The molecule has 1 saturated heterocycles. The zero-order valence-electron chi connectivity index (χ0n) is 20.4. The molecule has 190 valence electrons. The normalized spacial score (nSPS) is 14.7. The van der Waals surface area contributed by atoms with Crippen molar-refractivity contribution in [3.8, 4) is 11.5 Å². The Kier molecular flexibility index (Phi) is 7.91. The number of imide groups is 2. The maximum Gasteiger partial charge on any atom is 0.335 e. The highest BCUT2D eigenvalue weighted by atomic mass is 127. The second-order valence-corrected chi connectivity index (χ2v) is 9.55. The molecule has 0 saturated carbocycles. The average molecular weight is 614 g/mol. The van der Waals surface area contributed by atoms with E-state index in [1.165, 1.54) is 12.1 Å². The standard InChI is InChI=1S/C28H24FIN2O5/c1-4-36-24-14-18(13-22(30)25(24)37-15-19-7-5-6-8-21(19)29)12-20-26(33)31-28(35)32(27(20)34)23-11-16(2)9-10-17(23)3/h5-14H,4,15H2,1-3H3,(H,31,33,35)/b20-12+. The Bertz CT molecular complexity index is 1440. The summed E-state index contributed by atoms with van der Waals surface area (Å²) in [5, 5.41) is 2.25. The summed E-state index contributed by atoms with van der Waals surface area (Å²) >= 11 is 2.05. The number of aryl methyl sites for hydroxylation is 2. The van der Waals surface area contributed by atoms with Crippen molar-refractivity contribution >= 4 is 52.2 Å². The van der Waals surface area contributed by atoms with Crippen LogP contribution in [0.5, 0.6) is 11.5 Å². The van der Waals surface area contributed by atoms with Crippen molar-refractivity contribution in [3.05, 3.63) is 91.8 Å². The number of benzene rings is 3. The van der Waals surface area contributed by atoms with Gasteiger partial charge in [0.25, 0.3) is 11.8 Å². The highest BCUT2D eigenvalue weighted by Crippen LogP contribution is 2.36. The van der Waals surface area contributed by atoms with Crippen molar-refractivity contribution in [2.24, 2.45) is 0 Å². The smallest absolute Gasteiger partial charge is 0.335 e. The molecule has 1 aliphatic heterocycles. The van der Waals surface area contributed by atoms with Gasteiger partial charge in [-0.1, -0.05) is 30.3 Å². The van der Waals surface area contributed by atoms with Crippen LogP contribution in [-0.4, -0.2) is 24.5 Å². The van der Waals surface area contributed by atoms with Gasteiger partial charge in [0.15, 0.2) is 11.5 Å². The molecule has 0 aliphatic carbocycles. The zero-order valence-corrected chi connectivity index (χ0v) is 22.6. The SMILES string of the molecule is CCOc1cc(/C=C2\C(=O)NC(=O)N(c3cc(C)ccc3C)C2=O)cc(I)c1OCc1ccccc1F. The van der Waals surface area contributed by atoms with Crippen molar-refractivity contribution in [1.29, 1.82) is 0 Å². The minimum atomic E-state index is -0.803. The largest absolute Gasteiger partial charge is 0.490 e. The number of carbonyl (C=O) groups is 3. The lowest BCUT2D eigenvalue weighted by molar-refractivity contribution is -0.122. The van der Waals surface area contributed by atoms with Gasteiger partial charge in [0.2, 0.25) is 0 Å². The number of hydrogen-bond donors (Lipinski definition) is 1. The van der Waals surface area contributed by atoms with Crippen LogP contribution in [0.25, 0.3) is 6.08 Å². The van der Waals surface area contributed by atoms with Gasteiger partial charge in [0.1, 0.15) is 18.0 Å². The lowest BCUT2D eigenvalue weighted by Gasteiger charge is -2.28. The van der Waals surface area contributed by atoms with E-state index < -0.39 is 17.8 Å². The molecule has 0 atom stereocenters. The summed E-state index contributed by atoms with van der Waals surface area (Å²) in [6, 6.07) is 14.3. The van der Waals surface area contributed by atoms with Crippen LogP contribution in [0.2, 0.25) is 0 Å². The monoisotopic (exact) mass is 614 g/mol. The zero-order chi connectivity index (χ0) is 26.7. The van der Waals surface area contributed by atoms with Crippen molar-refractivity contribution in [3.63, 3.8) is 0 Å². The summed E-state index contributed by atoms with van der Waals surface area (Å²) in [6.07, 6.45) is 1.41. The van der Waals surface area contributed by atoms with E-state index >= 15 is 0 Å². The lowest BCUT2D eigenvalue weighted by Crippen LogP contribution is -2.54. The van der Waals surface area contributed by atoms with E-state index in [4.69, 9.17) is 9.47 Å².